The van der Waals surface area contributed by atoms with Gasteiger partial charge in [0.05, 0.1) is 14.9 Å². The van der Waals surface area contributed by atoms with E-state index < -0.39 is 11.9 Å². The van der Waals surface area contributed by atoms with Crippen LogP contribution in [0.5, 0.6) is 0 Å². The van der Waals surface area contributed by atoms with Crippen LogP contribution in [0.15, 0.2) is 30.9 Å². The van der Waals surface area contributed by atoms with Crippen molar-refractivity contribution >= 4 is 70.7 Å². The van der Waals surface area contributed by atoms with Crippen LogP contribution in [0, 0.1) is 5.82 Å². The van der Waals surface area contributed by atoms with E-state index in [0.717, 1.165) is 13.1 Å². The van der Waals surface area contributed by atoms with E-state index in [9.17, 15) is 4.39 Å². The van der Waals surface area contributed by atoms with Crippen LogP contribution >= 0.6 is 70.7 Å². The van der Waals surface area contributed by atoms with Crippen LogP contribution in [0.25, 0.3) is 0 Å². The topological polar surface area (TPSA) is 38.0 Å². The molecule has 0 bridgehead atoms. The highest BCUT2D eigenvalue weighted by atomic mass is 79.9. The largest absolute Gasteiger partial charge is 0.271 e. The second kappa shape index (κ2) is 6.51. The monoisotopic (exact) mass is 490 g/mol. The van der Waals surface area contributed by atoms with Gasteiger partial charge in [-0.25, -0.2) is 9.82 Å². The fraction of sp³-hybridized carbons (Fsp3) is 0.0909. The maximum atomic E-state index is 14.2. The van der Waals surface area contributed by atoms with Crippen molar-refractivity contribution in [2.75, 3.05) is 0 Å². The highest BCUT2D eigenvalue weighted by Crippen LogP contribution is 2.39. The number of benzene rings is 1. The summed E-state index contributed by atoms with van der Waals surface area (Å²) in [6, 6.07) is 4.77. The van der Waals surface area contributed by atoms with Crippen molar-refractivity contribution in [2.45, 2.75) is 6.04 Å². The first-order valence-corrected chi connectivity index (χ1v) is 8.57. The standard InChI is InChI=1S/C11H7Br3ClFN2S/c12-5-2-1-4(9(16)8(5)15)10(18-17)7-3-6(13)11(14)19-7/h1-3,10,18H,17H2. The Morgan fingerprint density at radius 1 is 1.26 bits per heavy atom. The molecular weight excluding hydrogens is 486 g/mol. The summed E-state index contributed by atoms with van der Waals surface area (Å²) in [6.45, 7) is 0. The van der Waals surface area contributed by atoms with E-state index in [-0.39, 0.29) is 5.02 Å². The summed E-state index contributed by atoms with van der Waals surface area (Å²) in [5.74, 6) is 5.07. The molecule has 0 aliphatic rings. The van der Waals surface area contributed by atoms with Gasteiger partial charge < -0.3 is 0 Å². The molecule has 1 unspecified atom stereocenters. The summed E-state index contributed by atoms with van der Waals surface area (Å²) >= 11 is 17.4. The molecule has 19 heavy (non-hydrogen) atoms. The van der Waals surface area contributed by atoms with E-state index in [2.05, 4.69) is 53.2 Å². The van der Waals surface area contributed by atoms with E-state index in [1.165, 1.54) is 11.3 Å². The Kier molecular flexibility index (Phi) is 5.44. The number of halogens is 5. The molecule has 0 radical (unpaired) electrons. The molecule has 2 aromatic rings. The molecule has 3 N–H and O–H groups in total. The molecule has 0 saturated heterocycles. The molecule has 0 aliphatic carbocycles. The Morgan fingerprint density at radius 2 is 1.95 bits per heavy atom. The quantitative estimate of drug-likeness (QED) is 0.342. The highest BCUT2D eigenvalue weighted by Gasteiger charge is 2.22. The van der Waals surface area contributed by atoms with Gasteiger partial charge in [-0.1, -0.05) is 17.7 Å². The minimum atomic E-state index is -0.486. The second-order valence-electron chi connectivity index (χ2n) is 3.63. The molecule has 2 rings (SSSR count). The Morgan fingerprint density at radius 3 is 2.47 bits per heavy atom. The van der Waals surface area contributed by atoms with Gasteiger partial charge in [-0.3, -0.25) is 5.84 Å². The number of thiophene rings is 1. The normalized spacial score (nSPS) is 12.7. The van der Waals surface area contributed by atoms with Gasteiger partial charge >= 0.3 is 0 Å². The smallest absolute Gasteiger partial charge is 0.148 e. The zero-order valence-corrected chi connectivity index (χ0v) is 15.5. The van der Waals surface area contributed by atoms with Gasteiger partial charge in [-0.2, -0.15) is 0 Å². The minimum Gasteiger partial charge on any atom is -0.271 e. The summed E-state index contributed by atoms with van der Waals surface area (Å²) in [6.07, 6.45) is 0. The van der Waals surface area contributed by atoms with Crippen molar-refractivity contribution in [1.82, 2.24) is 5.43 Å². The molecule has 0 spiro atoms. The van der Waals surface area contributed by atoms with Crippen LogP contribution in [0.3, 0.4) is 0 Å². The van der Waals surface area contributed by atoms with Gasteiger partial charge in [0, 0.05) is 19.4 Å². The van der Waals surface area contributed by atoms with E-state index >= 15 is 0 Å². The highest BCUT2D eigenvalue weighted by molar-refractivity contribution is 9.13. The fourth-order valence-corrected chi connectivity index (χ4v) is 4.24. The second-order valence-corrected chi connectivity index (χ2v) is 8.12. The number of rotatable bonds is 3. The van der Waals surface area contributed by atoms with Gasteiger partial charge in [0.2, 0.25) is 0 Å². The summed E-state index contributed by atoms with van der Waals surface area (Å²) in [4.78, 5) is 0.874. The molecule has 0 saturated carbocycles. The molecule has 0 fully saturated rings. The van der Waals surface area contributed by atoms with Gasteiger partial charge in [-0.15, -0.1) is 11.3 Å². The number of nitrogens with one attached hydrogen (secondary N) is 1. The molecule has 1 aromatic heterocycles. The van der Waals surface area contributed by atoms with Gasteiger partial charge in [-0.05, 0) is 59.9 Å². The molecule has 1 aromatic carbocycles. The molecule has 2 nitrogen and oxygen atoms in total. The lowest BCUT2D eigenvalue weighted by Crippen LogP contribution is -2.29. The lowest BCUT2D eigenvalue weighted by Gasteiger charge is -2.16. The molecule has 0 amide bonds. The molecule has 102 valence electrons. The van der Waals surface area contributed by atoms with E-state index in [1.807, 2.05) is 6.07 Å². The van der Waals surface area contributed by atoms with Crippen molar-refractivity contribution in [3.63, 3.8) is 0 Å². The van der Waals surface area contributed by atoms with E-state index in [0.29, 0.717) is 10.0 Å². The SMILES string of the molecule is NNC(c1cc(Br)c(Br)s1)c1ccc(Br)c(Cl)c1F. The average molecular weight is 493 g/mol. The number of nitrogens with two attached hydrogens (primary N) is 1. The number of hydrazine groups is 1. The van der Waals surface area contributed by atoms with Crippen LogP contribution in [-0.4, -0.2) is 0 Å². The van der Waals surface area contributed by atoms with Crippen molar-refractivity contribution in [2.24, 2.45) is 5.84 Å². The first-order chi connectivity index (χ1) is 8.95. The van der Waals surface area contributed by atoms with Gasteiger partial charge in [0.25, 0.3) is 0 Å². The third-order valence-corrected chi connectivity index (χ3v) is 7.07. The van der Waals surface area contributed by atoms with Gasteiger partial charge in [0.1, 0.15) is 5.82 Å². The Labute approximate surface area is 143 Å². The Hall–Kier alpha value is 0.500. The molecular formula is C11H7Br3ClFN2S. The Bertz CT molecular complexity index is 601. The zero-order valence-electron chi connectivity index (χ0n) is 9.18. The van der Waals surface area contributed by atoms with Crippen LogP contribution in [-0.2, 0) is 0 Å². The van der Waals surface area contributed by atoms with Gasteiger partial charge in [0.15, 0.2) is 0 Å². The fourth-order valence-electron chi connectivity index (χ4n) is 1.59. The van der Waals surface area contributed by atoms with Crippen molar-refractivity contribution in [3.8, 4) is 0 Å². The van der Waals surface area contributed by atoms with Crippen molar-refractivity contribution in [3.05, 3.63) is 52.2 Å². The molecule has 1 heterocycles. The van der Waals surface area contributed by atoms with Crippen LogP contribution in [0.2, 0.25) is 5.02 Å². The first kappa shape index (κ1) is 15.9. The number of hydrogen-bond acceptors (Lipinski definition) is 3. The first-order valence-electron chi connectivity index (χ1n) is 5.00. The lowest BCUT2D eigenvalue weighted by molar-refractivity contribution is 0.564. The van der Waals surface area contributed by atoms with E-state index in [1.54, 1.807) is 12.1 Å². The summed E-state index contributed by atoms with van der Waals surface area (Å²) in [5, 5.41) is 0.0486. The Balaban J connectivity index is 2.51. The molecule has 0 aliphatic heterocycles. The zero-order chi connectivity index (χ0) is 14.2. The number of hydrogen-bond donors (Lipinski definition) is 2. The predicted octanol–water partition coefficient (Wildman–Crippen LogP) is 5.38. The third kappa shape index (κ3) is 3.23. The van der Waals surface area contributed by atoms with E-state index in [4.69, 9.17) is 17.4 Å². The summed E-state index contributed by atoms with van der Waals surface area (Å²) in [7, 11) is 0. The van der Waals surface area contributed by atoms with Crippen LogP contribution in [0.4, 0.5) is 4.39 Å². The van der Waals surface area contributed by atoms with Crippen molar-refractivity contribution in [1.29, 1.82) is 0 Å². The van der Waals surface area contributed by atoms with Crippen LogP contribution in [0.1, 0.15) is 16.5 Å². The van der Waals surface area contributed by atoms with Crippen molar-refractivity contribution < 1.29 is 4.39 Å². The maximum absolute atomic E-state index is 14.2. The predicted molar refractivity (Wildman–Crippen MR) is 88.0 cm³/mol. The van der Waals surface area contributed by atoms with Crippen LogP contribution < -0.4 is 11.3 Å². The minimum absolute atomic E-state index is 0.0486. The third-order valence-electron chi connectivity index (χ3n) is 2.49. The maximum Gasteiger partial charge on any atom is 0.148 e. The molecule has 1 atom stereocenters. The average Bonchev–Trinajstić information content (AvgIpc) is 2.70. The summed E-state index contributed by atoms with van der Waals surface area (Å²) < 4.78 is 16.6. The lowest BCUT2D eigenvalue weighted by atomic mass is 10.1. The molecule has 8 heteroatoms. The summed E-state index contributed by atoms with van der Waals surface area (Å²) in [5.41, 5.74) is 3.02.